The van der Waals surface area contributed by atoms with Crippen molar-refractivity contribution in [1.82, 2.24) is 9.97 Å². The van der Waals surface area contributed by atoms with E-state index in [0.717, 1.165) is 34.1 Å². The fourth-order valence-corrected chi connectivity index (χ4v) is 8.00. The summed E-state index contributed by atoms with van der Waals surface area (Å²) in [4.78, 5) is 13.5. The monoisotopic (exact) mass is 632 g/mol. The molecule has 49 heavy (non-hydrogen) atoms. The van der Waals surface area contributed by atoms with E-state index in [-0.39, 0.29) is 11.3 Å². The number of hydrogen-bond donors (Lipinski definition) is 0. The molecule has 2 heterocycles. The minimum Gasteiger partial charge on any atom is -0.309 e. The highest BCUT2D eigenvalue weighted by Gasteiger charge is 2.39. The van der Waals surface area contributed by atoms with Gasteiger partial charge in [-0.15, -0.1) is 0 Å². The summed E-state index contributed by atoms with van der Waals surface area (Å²) >= 11 is 0. The minimum atomic E-state index is -0.163. The van der Waals surface area contributed by atoms with Crippen LogP contribution < -0.4 is 9.80 Å². The van der Waals surface area contributed by atoms with Crippen LogP contribution in [-0.2, 0) is 5.41 Å². The molecule has 0 radical (unpaired) electrons. The summed E-state index contributed by atoms with van der Waals surface area (Å²) in [7, 11) is 0. The Kier molecular flexibility index (Phi) is 6.73. The average molecular weight is 633 g/mol. The molecule has 236 valence electrons. The number of fused-ring (bicyclic) bond motifs is 6. The second-order valence-corrected chi connectivity index (χ2v) is 13.6. The van der Waals surface area contributed by atoms with E-state index in [1.54, 1.807) is 0 Å². The quantitative estimate of drug-likeness (QED) is 0.183. The summed E-state index contributed by atoms with van der Waals surface area (Å²) in [6.45, 7) is 7.10. The smallest absolute Gasteiger partial charge is 0.0644 e. The van der Waals surface area contributed by atoms with Crippen LogP contribution >= 0.6 is 0 Å². The third-order valence-electron chi connectivity index (χ3n) is 10.4. The topological polar surface area (TPSA) is 32.3 Å². The van der Waals surface area contributed by atoms with Crippen LogP contribution in [0.5, 0.6) is 0 Å². The van der Waals surface area contributed by atoms with E-state index in [1.165, 1.54) is 44.5 Å². The molecule has 4 heteroatoms. The molecule has 2 aromatic heterocycles. The molecule has 0 amide bonds. The van der Waals surface area contributed by atoms with Crippen molar-refractivity contribution in [2.24, 2.45) is 0 Å². The molecule has 0 N–H and O–H groups in total. The molecule has 1 atom stereocenters. The zero-order chi connectivity index (χ0) is 33.1. The second kappa shape index (κ2) is 11.3. The van der Waals surface area contributed by atoms with Crippen LogP contribution in [0.1, 0.15) is 48.9 Å². The van der Waals surface area contributed by atoms with E-state index >= 15 is 0 Å². The van der Waals surface area contributed by atoms with Gasteiger partial charge in [0.05, 0.1) is 23.8 Å². The van der Waals surface area contributed by atoms with E-state index in [2.05, 4.69) is 162 Å². The van der Waals surface area contributed by atoms with E-state index in [4.69, 9.17) is 0 Å². The predicted octanol–water partition coefficient (Wildman–Crippen LogP) is 11.9. The zero-order valence-electron chi connectivity index (χ0n) is 27.9. The number of benzene rings is 5. The Hall–Kier alpha value is -6.00. The molecule has 0 saturated heterocycles. The van der Waals surface area contributed by atoms with Crippen LogP contribution in [0.15, 0.2) is 158 Å². The summed E-state index contributed by atoms with van der Waals surface area (Å²) < 4.78 is 0. The maximum absolute atomic E-state index is 4.45. The number of nitrogens with zero attached hydrogens (tertiary/aromatic N) is 4. The van der Waals surface area contributed by atoms with E-state index in [9.17, 15) is 0 Å². The normalized spacial score (nSPS) is 14.8. The number of pyridine rings is 2. The van der Waals surface area contributed by atoms with Crippen LogP contribution in [0.2, 0.25) is 0 Å². The first-order valence-electron chi connectivity index (χ1n) is 17.0. The van der Waals surface area contributed by atoms with Crippen molar-refractivity contribution >= 4 is 34.1 Å². The number of anilines is 6. The number of para-hydroxylation sites is 2. The van der Waals surface area contributed by atoms with Crippen molar-refractivity contribution in [3.63, 3.8) is 0 Å². The molecule has 1 unspecified atom stereocenters. The minimum absolute atomic E-state index is 0.163. The Morgan fingerprint density at radius 2 is 0.959 bits per heavy atom. The standard InChI is InChI=1S/C45H36N4/c1-30-39-24-33(48(31-12-6-4-7-13-31)35-16-10-22-46-28-35)18-20-37(39)41-27-44-42(26-40(30)41)38-21-19-34(25-43(38)45(44,2)3)49(32-14-8-5-9-15-32)36-17-11-23-47-29-36/h4-30H,1-3H3. The number of rotatable bonds is 6. The molecular formula is C45H36N4. The van der Waals surface area contributed by atoms with Crippen molar-refractivity contribution in [3.05, 3.63) is 181 Å². The average Bonchev–Trinajstić information content (AvgIpc) is 3.55. The first-order valence-corrected chi connectivity index (χ1v) is 17.0. The Balaban J connectivity index is 1.13. The summed E-state index contributed by atoms with van der Waals surface area (Å²) in [5, 5.41) is 0. The SMILES string of the molecule is CC1c2cc(N(c3ccccc3)c3cccnc3)ccc2-c2cc3c(cc21)-c1ccc(N(c2ccccc2)c2cccnc2)cc1C3(C)C. The molecule has 2 aliphatic carbocycles. The predicted molar refractivity (Wildman–Crippen MR) is 202 cm³/mol. The third kappa shape index (κ3) is 4.67. The van der Waals surface area contributed by atoms with Gasteiger partial charge in [-0.1, -0.05) is 69.3 Å². The van der Waals surface area contributed by atoms with E-state index < -0.39 is 0 Å². The summed E-state index contributed by atoms with van der Waals surface area (Å²) in [6, 6.07) is 48.3. The maximum Gasteiger partial charge on any atom is 0.0644 e. The van der Waals surface area contributed by atoms with Gasteiger partial charge < -0.3 is 9.80 Å². The first-order chi connectivity index (χ1) is 24.0. The summed E-state index contributed by atoms with van der Waals surface area (Å²) in [5.74, 6) is 0.271. The summed E-state index contributed by atoms with van der Waals surface area (Å²) in [6.07, 6.45) is 7.52. The Morgan fingerprint density at radius 1 is 0.449 bits per heavy atom. The lowest BCUT2D eigenvalue weighted by Gasteiger charge is -2.28. The molecule has 0 fully saturated rings. The molecular weight excluding hydrogens is 597 g/mol. The van der Waals surface area contributed by atoms with Crippen molar-refractivity contribution in [2.45, 2.75) is 32.1 Å². The molecule has 0 spiro atoms. The molecule has 7 aromatic rings. The Morgan fingerprint density at radius 3 is 1.53 bits per heavy atom. The lowest BCUT2D eigenvalue weighted by molar-refractivity contribution is 0.660. The van der Waals surface area contributed by atoms with Crippen molar-refractivity contribution < 1.29 is 0 Å². The summed E-state index contributed by atoms with van der Waals surface area (Å²) in [5.41, 5.74) is 17.3. The van der Waals surface area contributed by atoms with Gasteiger partial charge in [0.15, 0.2) is 0 Å². The van der Waals surface area contributed by atoms with Gasteiger partial charge in [-0.25, -0.2) is 0 Å². The third-order valence-corrected chi connectivity index (χ3v) is 10.4. The van der Waals surface area contributed by atoms with Crippen LogP contribution in [0, 0.1) is 0 Å². The number of hydrogen-bond acceptors (Lipinski definition) is 4. The van der Waals surface area contributed by atoms with Gasteiger partial charge in [0.25, 0.3) is 0 Å². The van der Waals surface area contributed by atoms with E-state index in [1.807, 2.05) is 36.9 Å². The lowest BCUT2D eigenvalue weighted by atomic mass is 9.81. The fourth-order valence-electron chi connectivity index (χ4n) is 8.00. The van der Waals surface area contributed by atoms with Gasteiger partial charge in [-0.2, -0.15) is 0 Å². The Bertz CT molecular complexity index is 2240. The molecule has 2 aliphatic rings. The Labute approximate surface area is 288 Å². The molecule has 5 aromatic carbocycles. The zero-order valence-corrected chi connectivity index (χ0v) is 27.9. The maximum atomic E-state index is 4.45. The lowest BCUT2D eigenvalue weighted by Crippen LogP contribution is -2.16. The van der Waals surface area contributed by atoms with Crippen molar-refractivity contribution in [3.8, 4) is 22.3 Å². The van der Waals surface area contributed by atoms with Crippen molar-refractivity contribution in [2.75, 3.05) is 9.80 Å². The van der Waals surface area contributed by atoms with Crippen molar-refractivity contribution in [1.29, 1.82) is 0 Å². The molecule has 0 aliphatic heterocycles. The first kappa shape index (κ1) is 29.2. The highest BCUT2D eigenvalue weighted by Crippen LogP contribution is 2.56. The second-order valence-electron chi connectivity index (χ2n) is 13.6. The van der Waals surface area contributed by atoms with Gasteiger partial charge in [0, 0.05) is 46.5 Å². The van der Waals surface area contributed by atoms with Gasteiger partial charge in [-0.05, 0) is 129 Å². The van der Waals surface area contributed by atoms with Crippen LogP contribution in [0.4, 0.5) is 34.1 Å². The largest absolute Gasteiger partial charge is 0.309 e. The van der Waals surface area contributed by atoms with E-state index in [0.29, 0.717) is 0 Å². The molecule has 0 bridgehead atoms. The highest BCUT2D eigenvalue weighted by molar-refractivity contribution is 5.91. The van der Waals surface area contributed by atoms with Gasteiger partial charge in [0.1, 0.15) is 0 Å². The van der Waals surface area contributed by atoms with Crippen LogP contribution in [0.3, 0.4) is 0 Å². The van der Waals surface area contributed by atoms with Gasteiger partial charge in [0.2, 0.25) is 0 Å². The fraction of sp³-hybridized carbons (Fsp3) is 0.111. The van der Waals surface area contributed by atoms with Crippen LogP contribution in [0.25, 0.3) is 22.3 Å². The molecule has 4 nitrogen and oxygen atoms in total. The van der Waals surface area contributed by atoms with Crippen LogP contribution in [-0.4, -0.2) is 9.97 Å². The van der Waals surface area contributed by atoms with Gasteiger partial charge in [-0.3, -0.25) is 9.97 Å². The van der Waals surface area contributed by atoms with Gasteiger partial charge >= 0.3 is 0 Å². The molecule has 9 rings (SSSR count). The molecule has 0 saturated carbocycles. The number of aromatic nitrogens is 2. The highest BCUT2D eigenvalue weighted by atomic mass is 15.2.